The fourth-order valence-corrected chi connectivity index (χ4v) is 3.37. The molecule has 1 amide bonds. The predicted octanol–water partition coefficient (Wildman–Crippen LogP) is 3.54. The van der Waals surface area contributed by atoms with Crippen molar-refractivity contribution in [2.45, 2.75) is 26.3 Å². The Labute approximate surface area is 153 Å². The number of benzene rings is 2. The Bertz CT molecular complexity index is 781. The van der Waals surface area contributed by atoms with Crippen LogP contribution in [0.25, 0.3) is 0 Å². The van der Waals surface area contributed by atoms with Crippen LogP contribution in [0.3, 0.4) is 0 Å². The lowest BCUT2D eigenvalue weighted by molar-refractivity contribution is -0.121. The summed E-state index contributed by atoms with van der Waals surface area (Å²) in [5.41, 5.74) is 2.65. The van der Waals surface area contributed by atoms with Gasteiger partial charge in [-0.15, -0.1) is 0 Å². The van der Waals surface area contributed by atoms with Gasteiger partial charge in [0.05, 0.1) is 11.3 Å². The van der Waals surface area contributed by atoms with E-state index < -0.39 is 5.97 Å². The summed E-state index contributed by atoms with van der Waals surface area (Å²) in [4.78, 5) is 26.3. The van der Waals surface area contributed by atoms with Crippen molar-refractivity contribution in [2.75, 3.05) is 18.4 Å². The molecule has 0 spiro atoms. The number of hydrogen-bond acceptors (Lipinski definition) is 3. The minimum absolute atomic E-state index is 0.0787. The highest BCUT2D eigenvalue weighted by Crippen LogP contribution is 2.23. The number of nitrogens with zero attached hydrogens (tertiary/aromatic N) is 1. The molecule has 136 valence electrons. The van der Waals surface area contributed by atoms with Gasteiger partial charge in [-0.3, -0.25) is 9.69 Å². The highest BCUT2D eigenvalue weighted by molar-refractivity contribution is 6.01. The van der Waals surface area contributed by atoms with Crippen LogP contribution < -0.4 is 5.32 Å². The van der Waals surface area contributed by atoms with Crippen LogP contribution in [0, 0.1) is 12.8 Å². The molecule has 0 radical (unpaired) electrons. The molecule has 5 nitrogen and oxygen atoms in total. The summed E-state index contributed by atoms with van der Waals surface area (Å²) in [5.74, 6) is -1.19. The van der Waals surface area contributed by atoms with Gasteiger partial charge in [-0.05, 0) is 50.6 Å². The van der Waals surface area contributed by atoms with Crippen molar-refractivity contribution < 1.29 is 14.7 Å². The zero-order valence-corrected chi connectivity index (χ0v) is 14.9. The van der Waals surface area contributed by atoms with Crippen molar-refractivity contribution >= 4 is 17.6 Å². The molecule has 0 atom stereocenters. The Morgan fingerprint density at radius 3 is 2.46 bits per heavy atom. The summed E-state index contributed by atoms with van der Waals surface area (Å²) in [6.07, 6.45) is 1.57. The van der Waals surface area contributed by atoms with Crippen molar-refractivity contribution in [1.82, 2.24) is 4.90 Å². The Balaban J connectivity index is 1.57. The number of carboxylic acids is 1. The minimum atomic E-state index is -1.03. The molecule has 2 aromatic carbocycles. The third kappa shape index (κ3) is 4.49. The SMILES string of the molecule is Cc1ccc(NC(=O)C2CCN(Cc3ccccc3)CC2)c(C(=O)O)c1. The minimum Gasteiger partial charge on any atom is -0.478 e. The van der Waals surface area contributed by atoms with Gasteiger partial charge in [0.2, 0.25) is 5.91 Å². The maximum atomic E-state index is 12.6. The predicted molar refractivity (Wildman–Crippen MR) is 101 cm³/mol. The molecule has 1 saturated heterocycles. The molecule has 1 aliphatic rings. The van der Waals surface area contributed by atoms with E-state index in [-0.39, 0.29) is 17.4 Å². The van der Waals surface area contributed by atoms with Gasteiger partial charge in [0.25, 0.3) is 0 Å². The second-order valence-electron chi connectivity index (χ2n) is 6.88. The topological polar surface area (TPSA) is 69.6 Å². The maximum Gasteiger partial charge on any atom is 0.337 e. The van der Waals surface area contributed by atoms with Crippen LogP contribution in [-0.2, 0) is 11.3 Å². The number of aromatic carboxylic acids is 1. The molecule has 0 bridgehead atoms. The van der Waals surface area contributed by atoms with Gasteiger partial charge in [0.15, 0.2) is 0 Å². The number of rotatable bonds is 5. The quantitative estimate of drug-likeness (QED) is 0.863. The van der Waals surface area contributed by atoms with E-state index >= 15 is 0 Å². The summed E-state index contributed by atoms with van der Waals surface area (Å²) in [5, 5.41) is 12.1. The smallest absolute Gasteiger partial charge is 0.337 e. The van der Waals surface area contributed by atoms with Crippen molar-refractivity contribution in [2.24, 2.45) is 5.92 Å². The van der Waals surface area contributed by atoms with E-state index in [0.717, 1.165) is 38.0 Å². The summed E-state index contributed by atoms with van der Waals surface area (Å²) in [6.45, 7) is 4.47. The van der Waals surface area contributed by atoms with Gasteiger partial charge in [-0.1, -0.05) is 42.0 Å². The molecule has 0 unspecified atom stereocenters. The summed E-state index contributed by atoms with van der Waals surface area (Å²) < 4.78 is 0. The zero-order valence-electron chi connectivity index (χ0n) is 14.9. The largest absolute Gasteiger partial charge is 0.478 e. The Morgan fingerprint density at radius 2 is 1.81 bits per heavy atom. The molecule has 5 heteroatoms. The van der Waals surface area contributed by atoms with Gasteiger partial charge in [0, 0.05) is 12.5 Å². The van der Waals surface area contributed by atoms with Crippen molar-refractivity contribution in [1.29, 1.82) is 0 Å². The second-order valence-corrected chi connectivity index (χ2v) is 6.88. The van der Waals surface area contributed by atoms with Crippen molar-refractivity contribution in [3.8, 4) is 0 Å². The molecule has 0 saturated carbocycles. The fraction of sp³-hybridized carbons (Fsp3) is 0.333. The normalized spacial score (nSPS) is 15.6. The van der Waals surface area contributed by atoms with Gasteiger partial charge in [0.1, 0.15) is 0 Å². The van der Waals surface area contributed by atoms with Crippen LogP contribution in [0.4, 0.5) is 5.69 Å². The molecule has 0 aromatic heterocycles. The fourth-order valence-electron chi connectivity index (χ4n) is 3.37. The van der Waals surface area contributed by atoms with Crippen molar-refractivity contribution in [3.05, 3.63) is 65.2 Å². The van der Waals surface area contributed by atoms with E-state index in [9.17, 15) is 14.7 Å². The summed E-state index contributed by atoms with van der Waals surface area (Å²) in [7, 11) is 0. The van der Waals surface area contributed by atoms with Gasteiger partial charge in [-0.25, -0.2) is 4.79 Å². The lowest BCUT2D eigenvalue weighted by Crippen LogP contribution is -2.37. The molecular weight excluding hydrogens is 328 g/mol. The third-order valence-electron chi connectivity index (χ3n) is 4.87. The molecule has 1 fully saturated rings. The molecule has 1 heterocycles. The first-order valence-electron chi connectivity index (χ1n) is 8.94. The number of piperidine rings is 1. The number of carbonyl (C=O) groups is 2. The Hall–Kier alpha value is -2.66. The number of aryl methyl sites for hydroxylation is 1. The third-order valence-corrected chi connectivity index (χ3v) is 4.87. The number of anilines is 1. The molecular formula is C21H24N2O3. The van der Waals surface area contributed by atoms with Crippen LogP contribution in [-0.4, -0.2) is 35.0 Å². The van der Waals surface area contributed by atoms with E-state index in [4.69, 9.17) is 0 Å². The molecule has 2 N–H and O–H groups in total. The number of carbonyl (C=O) groups excluding carboxylic acids is 1. The summed E-state index contributed by atoms with van der Waals surface area (Å²) >= 11 is 0. The van der Waals surface area contributed by atoms with E-state index in [1.807, 2.05) is 31.2 Å². The highest BCUT2D eigenvalue weighted by Gasteiger charge is 2.26. The highest BCUT2D eigenvalue weighted by atomic mass is 16.4. The monoisotopic (exact) mass is 352 g/mol. The van der Waals surface area contributed by atoms with Crippen LogP contribution in [0.1, 0.15) is 34.3 Å². The number of nitrogens with one attached hydrogen (secondary N) is 1. The van der Waals surface area contributed by atoms with Crippen LogP contribution in [0.2, 0.25) is 0 Å². The van der Waals surface area contributed by atoms with E-state index in [0.29, 0.717) is 5.69 Å². The molecule has 0 aliphatic carbocycles. The first-order valence-corrected chi connectivity index (χ1v) is 8.94. The van der Waals surface area contributed by atoms with E-state index in [2.05, 4.69) is 22.3 Å². The zero-order chi connectivity index (χ0) is 18.5. The molecule has 1 aliphatic heterocycles. The van der Waals surface area contributed by atoms with Gasteiger partial charge in [-0.2, -0.15) is 0 Å². The van der Waals surface area contributed by atoms with Crippen LogP contribution in [0.5, 0.6) is 0 Å². The van der Waals surface area contributed by atoms with Gasteiger partial charge >= 0.3 is 5.97 Å². The van der Waals surface area contributed by atoms with Crippen LogP contribution in [0.15, 0.2) is 48.5 Å². The molecule has 2 aromatic rings. The molecule has 3 rings (SSSR count). The standard InChI is InChI=1S/C21H24N2O3/c1-15-7-8-19(18(13-15)21(25)26)22-20(24)17-9-11-23(12-10-17)14-16-5-3-2-4-6-16/h2-8,13,17H,9-12,14H2,1H3,(H,22,24)(H,25,26). The number of amides is 1. The van der Waals surface area contributed by atoms with Gasteiger partial charge < -0.3 is 10.4 Å². The van der Waals surface area contributed by atoms with E-state index in [1.165, 1.54) is 5.56 Å². The number of hydrogen-bond donors (Lipinski definition) is 2. The average Bonchev–Trinajstić information content (AvgIpc) is 2.64. The summed E-state index contributed by atoms with van der Waals surface area (Å²) in [6, 6.07) is 15.4. The first kappa shape index (κ1) is 18.1. The lowest BCUT2D eigenvalue weighted by Gasteiger charge is -2.31. The van der Waals surface area contributed by atoms with Crippen LogP contribution >= 0.6 is 0 Å². The first-order chi connectivity index (χ1) is 12.5. The maximum absolute atomic E-state index is 12.6. The van der Waals surface area contributed by atoms with E-state index in [1.54, 1.807) is 12.1 Å². The van der Waals surface area contributed by atoms with Crippen molar-refractivity contribution in [3.63, 3.8) is 0 Å². The number of likely N-dealkylation sites (tertiary alicyclic amines) is 1. The average molecular weight is 352 g/mol. The lowest BCUT2D eigenvalue weighted by atomic mass is 9.95. The second kappa shape index (κ2) is 8.15. The Kier molecular flexibility index (Phi) is 5.68. The number of carboxylic acid groups (broad SMARTS) is 1. The Morgan fingerprint density at radius 1 is 1.12 bits per heavy atom. The molecule has 26 heavy (non-hydrogen) atoms.